The van der Waals surface area contributed by atoms with Crippen LogP contribution in [0.4, 0.5) is 0 Å². The molecule has 1 aromatic heterocycles. The van der Waals surface area contributed by atoms with Gasteiger partial charge in [-0.3, -0.25) is 4.79 Å². The van der Waals surface area contributed by atoms with Gasteiger partial charge in [0.25, 0.3) is 5.91 Å². The molecule has 0 spiro atoms. The van der Waals surface area contributed by atoms with Gasteiger partial charge in [0, 0.05) is 17.8 Å². The van der Waals surface area contributed by atoms with Crippen molar-refractivity contribution < 1.29 is 15.0 Å². The summed E-state index contributed by atoms with van der Waals surface area (Å²) in [7, 11) is 0. The molecular weight excluding hydrogens is 234 g/mol. The molecule has 2 aromatic rings. The summed E-state index contributed by atoms with van der Waals surface area (Å²) in [5, 5.41) is 22.3. The molecule has 0 aliphatic rings. The first-order valence-corrected chi connectivity index (χ1v) is 5.15. The molecular formula is C12H11N3O3. The van der Waals surface area contributed by atoms with E-state index >= 15 is 0 Å². The molecule has 2 rings (SSSR count). The minimum Gasteiger partial charge on any atom is -0.508 e. The van der Waals surface area contributed by atoms with Crippen LogP contribution in [0.2, 0.25) is 0 Å². The van der Waals surface area contributed by atoms with E-state index in [9.17, 15) is 9.90 Å². The quantitative estimate of drug-likeness (QED) is 0.483. The predicted molar refractivity (Wildman–Crippen MR) is 65.6 cm³/mol. The van der Waals surface area contributed by atoms with Crippen molar-refractivity contribution in [2.75, 3.05) is 0 Å². The van der Waals surface area contributed by atoms with Crippen LogP contribution in [0, 0.1) is 0 Å². The van der Waals surface area contributed by atoms with E-state index in [2.05, 4.69) is 15.5 Å². The second-order valence-electron chi connectivity index (χ2n) is 3.53. The zero-order valence-corrected chi connectivity index (χ0v) is 9.29. The number of aromatic nitrogens is 1. The second kappa shape index (κ2) is 5.05. The Hall–Kier alpha value is -2.76. The van der Waals surface area contributed by atoms with E-state index in [4.69, 9.17) is 5.11 Å². The van der Waals surface area contributed by atoms with E-state index in [1.54, 1.807) is 18.3 Å². The normalized spacial score (nSPS) is 10.7. The lowest BCUT2D eigenvalue weighted by molar-refractivity contribution is 0.0950. The molecule has 1 aromatic carbocycles. The monoisotopic (exact) mass is 245 g/mol. The SMILES string of the molecule is O=C(N/N=C/c1ccc(O)cc1O)c1ccc[nH]1. The predicted octanol–water partition coefficient (Wildman–Crippen LogP) is 1.19. The van der Waals surface area contributed by atoms with Gasteiger partial charge in [-0.05, 0) is 24.3 Å². The fourth-order valence-corrected chi connectivity index (χ4v) is 1.33. The van der Waals surface area contributed by atoms with Gasteiger partial charge in [0.15, 0.2) is 0 Å². The largest absolute Gasteiger partial charge is 0.508 e. The zero-order valence-electron chi connectivity index (χ0n) is 9.29. The van der Waals surface area contributed by atoms with Crippen LogP contribution in [0.15, 0.2) is 41.6 Å². The lowest BCUT2D eigenvalue weighted by Crippen LogP contribution is -2.17. The molecule has 0 atom stereocenters. The molecule has 0 radical (unpaired) electrons. The Labute approximate surface area is 103 Å². The summed E-state index contributed by atoms with van der Waals surface area (Å²) >= 11 is 0. The number of hydrogen-bond acceptors (Lipinski definition) is 4. The maximum Gasteiger partial charge on any atom is 0.287 e. The van der Waals surface area contributed by atoms with Gasteiger partial charge in [0.2, 0.25) is 0 Å². The number of H-pyrrole nitrogens is 1. The summed E-state index contributed by atoms with van der Waals surface area (Å²) in [5.74, 6) is -0.539. The minimum atomic E-state index is -0.380. The van der Waals surface area contributed by atoms with Gasteiger partial charge in [0.1, 0.15) is 17.2 Å². The van der Waals surface area contributed by atoms with Crippen molar-refractivity contribution in [3.05, 3.63) is 47.8 Å². The fourth-order valence-electron chi connectivity index (χ4n) is 1.33. The van der Waals surface area contributed by atoms with Crippen LogP contribution in [0.5, 0.6) is 11.5 Å². The molecule has 1 amide bonds. The molecule has 1 heterocycles. The number of phenols is 2. The standard InChI is InChI=1S/C12H11N3O3/c16-9-4-3-8(11(17)6-9)7-14-15-12(18)10-2-1-5-13-10/h1-7,13,16-17H,(H,15,18)/b14-7+. The van der Waals surface area contributed by atoms with E-state index in [1.165, 1.54) is 24.4 Å². The number of benzene rings is 1. The van der Waals surface area contributed by atoms with Crippen molar-refractivity contribution in [2.24, 2.45) is 5.10 Å². The number of rotatable bonds is 3. The summed E-state index contributed by atoms with van der Waals surface area (Å²) in [6.07, 6.45) is 2.92. The van der Waals surface area contributed by atoms with E-state index < -0.39 is 0 Å². The van der Waals surface area contributed by atoms with Gasteiger partial charge in [-0.1, -0.05) is 0 Å². The average molecular weight is 245 g/mol. The summed E-state index contributed by atoms with van der Waals surface area (Å²) in [6.45, 7) is 0. The average Bonchev–Trinajstić information content (AvgIpc) is 2.85. The van der Waals surface area contributed by atoms with E-state index in [1.807, 2.05) is 0 Å². The molecule has 0 saturated heterocycles. The number of carbonyl (C=O) groups excluding carboxylic acids is 1. The number of amides is 1. The number of hydrazone groups is 1. The van der Waals surface area contributed by atoms with E-state index in [0.29, 0.717) is 11.3 Å². The number of carbonyl (C=O) groups is 1. The van der Waals surface area contributed by atoms with Crippen LogP contribution in [0.3, 0.4) is 0 Å². The Kier molecular flexibility index (Phi) is 3.29. The highest BCUT2D eigenvalue weighted by atomic mass is 16.3. The van der Waals surface area contributed by atoms with Gasteiger partial charge in [-0.25, -0.2) is 5.43 Å². The first-order chi connectivity index (χ1) is 8.66. The molecule has 18 heavy (non-hydrogen) atoms. The van der Waals surface area contributed by atoms with E-state index in [0.717, 1.165) is 0 Å². The summed E-state index contributed by atoms with van der Waals surface area (Å²) in [5.41, 5.74) is 3.08. The molecule has 6 heteroatoms. The number of phenolic OH excluding ortho intramolecular Hbond substituents is 2. The smallest absolute Gasteiger partial charge is 0.287 e. The summed E-state index contributed by atoms with van der Waals surface area (Å²) < 4.78 is 0. The van der Waals surface area contributed by atoms with Gasteiger partial charge >= 0.3 is 0 Å². The third kappa shape index (κ3) is 2.67. The van der Waals surface area contributed by atoms with Crippen LogP contribution < -0.4 is 5.43 Å². The Balaban J connectivity index is 2.01. The highest BCUT2D eigenvalue weighted by Crippen LogP contribution is 2.20. The lowest BCUT2D eigenvalue weighted by Gasteiger charge is -1.99. The molecule has 0 aliphatic carbocycles. The zero-order chi connectivity index (χ0) is 13.0. The molecule has 0 aliphatic heterocycles. The van der Waals surface area contributed by atoms with Gasteiger partial charge in [0.05, 0.1) is 6.21 Å². The van der Waals surface area contributed by atoms with Crippen molar-refractivity contribution in [3.63, 3.8) is 0 Å². The first-order valence-electron chi connectivity index (χ1n) is 5.15. The van der Waals surface area contributed by atoms with Crippen LogP contribution in [-0.2, 0) is 0 Å². The number of aromatic amines is 1. The van der Waals surface area contributed by atoms with Crippen molar-refractivity contribution in [1.29, 1.82) is 0 Å². The number of nitrogens with zero attached hydrogens (tertiary/aromatic N) is 1. The van der Waals surface area contributed by atoms with Crippen LogP contribution in [-0.4, -0.2) is 27.3 Å². The first kappa shape index (κ1) is 11.7. The van der Waals surface area contributed by atoms with Gasteiger partial charge in [-0.2, -0.15) is 5.10 Å². The molecule has 0 bridgehead atoms. The van der Waals surface area contributed by atoms with Crippen LogP contribution in [0.1, 0.15) is 16.1 Å². The minimum absolute atomic E-state index is 0.0416. The maximum atomic E-state index is 11.5. The van der Waals surface area contributed by atoms with Crippen molar-refractivity contribution in [1.82, 2.24) is 10.4 Å². The Morgan fingerprint density at radius 2 is 2.17 bits per heavy atom. The number of aromatic hydroxyl groups is 2. The lowest BCUT2D eigenvalue weighted by atomic mass is 10.2. The van der Waals surface area contributed by atoms with Crippen molar-refractivity contribution in [3.8, 4) is 11.5 Å². The third-order valence-electron chi connectivity index (χ3n) is 2.23. The molecule has 92 valence electrons. The molecule has 0 fully saturated rings. The third-order valence-corrected chi connectivity index (χ3v) is 2.23. The Bertz CT molecular complexity index is 576. The second-order valence-corrected chi connectivity index (χ2v) is 3.53. The summed E-state index contributed by atoms with van der Waals surface area (Å²) in [4.78, 5) is 14.2. The fraction of sp³-hybridized carbons (Fsp3) is 0. The summed E-state index contributed by atoms with van der Waals surface area (Å²) in [6, 6.07) is 7.39. The highest BCUT2D eigenvalue weighted by Gasteiger charge is 2.03. The van der Waals surface area contributed by atoms with Gasteiger partial charge < -0.3 is 15.2 Å². The molecule has 0 unspecified atom stereocenters. The Morgan fingerprint density at radius 3 is 2.83 bits per heavy atom. The highest BCUT2D eigenvalue weighted by molar-refractivity contribution is 5.93. The van der Waals surface area contributed by atoms with Crippen molar-refractivity contribution >= 4 is 12.1 Å². The topological polar surface area (TPSA) is 97.7 Å². The van der Waals surface area contributed by atoms with Crippen LogP contribution >= 0.6 is 0 Å². The van der Waals surface area contributed by atoms with E-state index in [-0.39, 0.29) is 17.4 Å². The molecule has 6 nitrogen and oxygen atoms in total. The van der Waals surface area contributed by atoms with Crippen LogP contribution in [0.25, 0.3) is 0 Å². The number of hydrogen-bond donors (Lipinski definition) is 4. The molecule has 0 saturated carbocycles. The van der Waals surface area contributed by atoms with Crippen molar-refractivity contribution in [2.45, 2.75) is 0 Å². The maximum absolute atomic E-state index is 11.5. The number of nitrogens with one attached hydrogen (secondary N) is 2. The molecule has 4 N–H and O–H groups in total. The Morgan fingerprint density at radius 1 is 1.33 bits per heavy atom. The van der Waals surface area contributed by atoms with Gasteiger partial charge in [-0.15, -0.1) is 0 Å².